The van der Waals surface area contributed by atoms with E-state index < -0.39 is 11.2 Å². The Bertz CT molecular complexity index is 2270. The van der Waals surface area contributed by atoms with E-state index in [1.54, 1.807) is 0 Å². The third-order valence-corrected chi connectivity index (χ3v) is 11.7. The second-order valence-corrected chi connectivity index (χ2v) is 18.9. The first-order chi connectivity index (χ1) is 29.7. The Morgan fingerprint density at radius 3 is 1.26 bits per heavy atom. The molecule has 0 radical (unpaired) electrons. The molecule has 2 saturated carbocycles. The Labute approximate surface area is 366 Å². The number of fused-ring (bicyclic) bond motifs is 2. The van der Waals surface area contributed by atoms with Crippen LogP contribution in [0.1, 0.15) is 116 Å². The molecule has 2 heterocycles. The molecule has 0 spiro atoms. The molecule has 0 atom stereocenters. The molecule has 8 rings (SSSR count). The van der Waals surface area contributed by atoms with Crippen LogP contribution in [0, 0.1) is 11.8 Å². The summed E-state index contributed by atoms with van der Waals surface area (Å²) in [5, 5.41) is 10.7. The summed E-state index contributed by atoms with van der Waals surface area (Å²) in [6, 6.07) is 33.7. The van der Waals surface area contributed by atoms with Gasteiger partial charge in [-0.15, -0.1) is 0 Å². The summed E-state index contributed by atoms with van der Waals surface area (Å²) in [6.45, 7) is 12.6. The second-order valence-electron chi connectivity index (χ2n) is 18.9. The highest BCUT2D eigenvalue weighted by atomic mass is 16.6. The van der Waals surface area contributed by atoms with Crippen LogP contribution in [0.25, 0.3) is 44.1 Å². The molecule has 0 unspecified atom stereocenters. The fourth-order valence-corrected chi connectivity index (χ4v) is 8.49. The SMILES string of the molecule is CC(C)(C)OC(=O)NCC1CCC(c2nccc(-c3ccc4ccccc4c3)n2)CC1.CC(C)(C)OC(=O)NCC1CCC(c2nccc(-c3ccc4ccccc4c3)n2)CC1. The maximum Gasteiger partial charge on any atom is 0.407 e. The first-order valence-electron chi connectivity index (χ1n) is 22.3. The minimum Gasteiger partial charge on any atom is -0.444 e. The number of nitrogens with one attached hydrogen (secondary N) is 2. The van der Waals surface area contributed by atoms with Gasteiger partial charge in [-0.1, -0.05) is 72.8 Å². The molecule has 6 aromatic rings. The number of benzene rings is 4. The van der Waals surface area contributed by atoms with E-state index in [0.717, 1.165) is 85.5 Å². The van der Waals surface area contributed by atoms with E-state index in [9.17, 15) is 9.59 Å². The topological polar surface area (TPSA) is 128 Å². The lowest BCUT2D eigenvalue weighted by Gasteiger charge is -2.28. The summed E-state index contributed by atoms with van der Waals surface area (Å²) in [7, 11) is 0. The van der Waals surface area contributed by atoms with E-state index in [4.69, 9.17) is 19.4 Å². The first kappa shape index (κ1) is 44.2. The molecule has 0 aliphatic heterocycles. The molecular formula is C52H62N6O4. The van der Waals surface area contributed by atoms with Crippen LogP contribution in [0.4, 0.5) is 9.59 Å². The van der Waals surface area contributed by atoms with Gasteiger partial charge in [-0.3, -0.25) is 0 Å². The van der Waals surface area contributed by atoms with Crippen LogP contribution in [0.2, 0.25) is 0 Å². The number of aromatic nitrogens is 4. The second kappa shape index (κ2) is 19.9. The molecule has 2 fully saturated rings. The minimum absolute atomic E-state index is 0.332. The third-order valence-electron chi connectivity index (χ3n) is 11.7. The van der Waals surface area contributed by atoms with Crippen molar-refractivity contribution in [2.75, 3.05) is 13.1 Å². The van der Waals surface area contributed by atoms with Gasteiger partial charge in [0.15, 0.2) is 0 Å². The maximum absolute atomic E-state index is 11.9. The number of carbonyl (C=O) groups is 2. The van der Waals surface area contributed by atoms with Gasteiger partial charge in [0.05, 0.1) is 11.4 Å². The number of alkyl carbamates (subject to hydrolysis) is 2. The predicted octanol–water partition coefficient (Wildman–Crippen LogP) is 12.2. The van der Waals surface area contributed by atoms with E-state index in [0.29, 0.717) is 36.8 Å². The Morgan fingerprint density at radius 2 is 0.887 bits per heavy atom. The van der Waals surface area contributed by atoms with Crippen LogP contribution >= 0.6 is 0 Å². The minimum atomic E-state index is -0.463. The molecule has 10 nitrogen and oxygen atoms in total. The molecule has 2 amide bonds. The molecule has 2 aliphatic rings. The zero-order valence-electron chi connectivity index (χ0n) is 37.2. The Balaban J connectivity index is 0.000000186. The van der Waals surface area contributed by atoms with Crippen molar-refractivity contribution in [3.05, 3.63) is 121 Å². The highest BCUT2D eigenvalue weighted by Crippen LogP contribution is 2.36. The molecule has 2 aromatic heterocycles. The van der Waals surface area contributed by atoms with Crippen molar-refractivity contribution in [3.63, 3.8) is 0 Å². The summed E-state index contributed by atoms with van der Waals surface area (Å²) in [5.41, 5.74) is 3.27. The average molecular weight is 835 g/mol. The van der Waals surface area contributed by atoms with Crippen molar-refractivity contribution in [2.24, 2.45) is 11.8 Å². The van der Waals surface area contributed by atoms with Gasteiger partial charge in [0, 0.05) is 48.4 Å². The van der Waals surface area contributed by atoms with Gasteiger partial charge in [0.2, 0.25) is 0 Å². The van der Waals surface area contributed by atoms with Gasteiger partial charge in [-0.25, -0.2) is 29.5 Å². The highest BCUT2D eigenvalue weighted by Gasteiger charge is 2.27. The fourth-order valence-electron chi connectivity index (χ4n) is 8.49. The van der Waals surface area contributed by atoms with Gasteiger partial charge in [-0.2, -0.15) is 0 Å². The Kier molecular flexibility index (Phi) is 14.2. The Morgan fingerprint density at radius 1 is 0.516 bits per heavy atom. The predicted molar refractivity (Wildman–Crippen MR) is 248 cm³/mol. The number of rotatable bonds is 8. The lowest BCUT2D eigenvalue weighted by molar-refractivity contribution is 0.0503. The van der Waals surface area contributed by atoms with Crippen LogP contribution in [-0.2, 0) is 9.47 Å². The lowest BCUT2D eigenvalue weighted by Crippen LogP contribution is -2.36. The molecule has 324 valence electrons. The molecule has 0 bridgehead atoms. The van der Waals surface area contributed by atoms with Gasteiger partial charge < -0.3 is 20.1 Å². The van der Waals surface area contributed by atoms with Crippen LogP contribution in [0.3, 0.4) is 0 Å². The summed E-state index contributed by atoms with van der Waals surface area (Å²) in [5.74, 6) is 3.57. The lowest BCUT2D eigenvalue weighted by atomic mass is 9.81. The van der Waals surface area contributed by atoms with E-state index in [1.165, 1.54) is 21.5 Å². The van der Waals surface area contributed by atoms with E-state index >= 15 is 0 Å². The standard InChI is InChI=1S/2C26H31N3O2/c2*1-26(2,3)31-25(30)28-17-18-8-10-20(11-9-18)24-27-15-14-23(29-24)22-13-12-19-6-4-5-7-21(19)16-22/h2*4-7,12-16,18,20H,8-11,17H2,1-3H3,(H,28,30). The van der Waals surface area contributed by atoms with Gasteiger partial charge in [0.25, 0.3) is 0 Å². The van der Waals surface area contributed by atoms with Gasteiger partial charge in [0.1, 0.15) is 22.9 Å². The van der Waals surface area contributed by atoms with Crippen molar-refractivity contribution in [2.45, 2.75) is 116 Å². The number of hydrogen-bond donors (Lipinski definition) is 2. The smallest absolute Gasteiger partial charge is 0.407 e. The van der Waals surface area contributed by atoms with Crippen LogP contribution in [-0.4, -0.2) is 56.4 Å². The van der Waals surface area contributed by atoms with Crippen molar-refractivity contribution in [1.82, 2.24) is 30.6 Å². The zero-order valence-corrected chi connectivity index (χ0v) is 37.2. The van der Waals surface area contributed by atoms with Crippen molar-refractivity contribution >= 4 is 33.7 Å². The van der Waals surface area contributed by atoms with E-state index in [1.807, 2.05) is 66.1 Å². The van der Waals surface area contributed by atoms with Crippen molar-refractivity contribution < 1.29 is 19.1 Å². The molecule has 10 heteroatoms. The quantitative estimate of drug-likeness (QED) is 0.155. The number of ether oxygens (including phenoxy) is 2. The molecule has 62 heavy (non-hydrogen) atoms. The molecule has 2 N–H and O–H groups in total. The van der Waals surface area contributed by atoms with Crippen molar-refractivity contribution in [1.29, 1.82) is 0 Å². The maximum atomic E-state index is 11.9. The van der Waals surface area contributed by atoms with E-state index in [-0.39, 0.29) is 12.2 Å². The third kappa shape index (κ3) is 12.6. The van der Waals surface area contributed by atoms with Gasteiger partial charge >= 0.3 is 12.2 Å². The summed E-state index contributed by atoms with van der Waals surface area (Å²) in [6.07, 6.45) is 11.5. The fraction of sp³-hybridized carbons (Fsp3) is 0.423. The molecular weight excluding hydrogens is 773 g/mol. The monoisotopic (exact) mass is 834 g/mol. The number of carbonyl (C=O) groups excluding carboxylic acids is 2. The largest absolute Gasteiger partial charge is 0.444 e. The summed E-state index contributed by atoms with van der Waals surface area (Å²) < 4.78 is 10.7. The van der Waals surface area contributed by atoms with Gasteiger partial charge in [-0.05, 0) is 151 Å². The highest BCUT2D eigenvalue weighted by molar-refractivity contribution is 5.87. The normalized spacial score (nSPS) is 19.2. The number of amides is 2. The summed E-state index contributed by atoms with van der Waals surface area (Å²) >= 11 is 0. The van der Waals surface area contributed by atoms with E-state index in [2.05, 4.69) is 106 Å². The Hall–Kier alpha value is -5.90. The molecule has 2 aliphatic carbocycles. The molecule has 0 saturated heterocycles. The first-order valence-corrected chi connectivity index (χ1v) is 22.3. The van der Waals surface area contributed by atoms with Crippen LogP contribution in [0.5, 0.6) is 0 Å². The number of nitrogens with zero attached hydrogens (tertiary/aromatic N) is 4. The zero-order chi connectivity index (χ0) is 43.7. The summed E-state index contributed by atoms with van der Waals surface area (Å²) in [4.78, 5) is 42.8. The molecule has 4 aromatic carbocycles. The number of hydrogen-bond acceptors (Lipinski definition) is 8. The average Bonchev–Trinajstić information content (AvgIpc) is 3.27. The van der Waals surface area contributed by atoms with Crippen LogP contribution in [0.15, 0.2) is 109 Å². The van der Waals surface area contributed by atoms with Crippen molar-refractivity contribution in [3.8, 4) is 22.5 Å². The van der Waals surface area contributed by atoms with Crippen LogP contribution < -0.4 is 10.6 Å².